The standard InChI is InChI=1S/C16H22N4OS/c17-16(22)20-19-14(12-7-3-1-4-8-12)11-18-15(21)13-9-5-2-6-10-13/h1,3-4,7-8,13H,2,5-6,9-11H2,(H,18,21)(H3,17,20,22)/b19-14+. The van der Waals surface area contributed by atoms with E-state index in [0.29, 0.717) is 12.3 Å². The highest BCUT2D eigenvalue weighted by Gasteiger charge is 2.21. The van der Waals surface area contributed by atoms with Crippen molar-refractivity contribution in [1.29, 1.82) is 0 Å². The minimum Gasteiger partial charge on any atom is -0.375 e. The van der Waals surface area contributed by atoms with Crippen molar-refractivity contribution in [3.05, 3.63) is 35.9 Å². The van der Waals surface area contributed by atoms with Crippen molar-refractivity contribution < 1.29 is 4.79 Å². The Balaban J connectivity index is 1.99. The van der Waals surface area contributed by atoms with Crippen LogP contribution in [0.1, 0.15) is 37.7 Å². The lowest BCUT2D eigenvalue weighted by Gasteiger charge is -2.21. The maximum atomic E-state index is 12.2. The fourth-order valence-corrected chi connectivity index (χ4v) is 2.68. The first kappa shape index (κ1) is 16.4. The molecule has 0 aliphatic heterocycles. The number of nitrogens with zero attached hydrogens (tertiary/aromatic N) is 1. The van der Waals surface area contributed by atoms with Gasteiger partial charge >= 0.3 is 0 Å². The van der Waals surface area contributed by atoms with E-state index in [1.807, 2.05) is 30.3 Å². The lowest BCUT2D eigenvalue weighted by molar-refractivity contribution is -0.125. The van der Waals surface area contributed by atoms with E-state index in [1.165, 1.54) is 6.42 Å². The summed E-state index contributed by atoms with van der Waals surface area (Å²) in [4.78, 5) is 12.2. The lowest BCUT2D eigenvalue weighted by atomic mass is 9.88. The number of carbonyl (C=O) groups excluding carboxylic acids is 1. The Morgan fingerprint density at radius 1 is 1.23 bits per heavy atom. The molecule has 6 heteroatoms. The number of rotatable bonds is 5. The molecule has 0 atom stereocenters. The van der Waals surface area contributed by atoms with Crippen molar-refractivity contribution >= 4 is 28.9 Å². The molecule has 1 saturated carbocycles. The van der Waals surface area contributed by atoms with E-state index in [4.69, 9.17) is 18.0 Å². The highest BCUT2D eigenvalue weighted by molar-refractivity contribution is 7.80. The Morgan fingerprint density at radius 3 is 2.55 bits per heavy atom. The minimum absolute atomic E-state index is 0.104. The van der Waals surface area contributed by atoms with Gasteiger partial charge in [0.15, 0.2) is 5.11 Å². The van der Waals surface area contributed by atoms with E-state index in [0.717, 1.165) is 31.2 Å². The summed E-state index contributed by atoms with van der Waals surface area (Å²) in [6.45, 7) is 0.356. The molecule has 0 radical (unpaired) electrons. The number of benzene rings is 1. The molecule has 1 amide bonds. The summed E-state index contributed by atoms with van der Waals surface area (Å²) < 4.78 is 0. The molecule has 1 aliphatic carbocycles. The molecule has 1 aromatic carbocycles. The normalized spacial score (nSPS) is 16.1. The van der Waals surface area contributed by atoms with E-state index in [2.05, 4.69) is 15.8 Å². The summed E-state index contributed by atoms with van der Waals surface area (Å²) in [5, 5.41) is 7.28. The number of carbonyl (C=O) groups is 1. The average molecular weight is 318 g/mol. The van der Waals surface area contributed by atoms with Gasteiger partial charge < -0.3 is 11.1 Å². The van der Waals surface area contributed by atoms with Gasteiger partial charge in [0.2, 0.25) is 5.91 Å². The number of hydrogen-bond acceptors (Lipinski definition) is 3. The molecular weight excluding hydrogens is 296 g/mol. The summed E-state index contributed by atoms with van der Waals surface area (Å²) in [6.07, 6.45) is 5.48. The molecule has 0 bridgehead atoms. The van der Waals surface area contributed by atoms with Crippen molar-refractivity contribution in [2.75, 3.05) is 6.54 Å². The summed E-state index contributed by atoms with van der Waals surface area (Å²) >= 11 is 4.77. The molecule has 4 N–H and O–H groups in total. The maximum Gasteiger partial charge on any atom is 0.223 e. The van der Waals surface area contributed by atoms with E-state index in [1.54, 1.807) is 0 Å². The van der Waals surface area contributed by atoms with Crippen molar-refractivity contribution in [3.8, 4) is 0 Å². The molecule has 0 aromatic heterocycles. The van der Waals surface area contributed by atoms with Gasteiger partial charge in [-0.15, -0.1) is 0 Å². The summed E-state index contributed by atoms with van der Waals surface area (Å²) in [5.41, 5.74) is 9.64. The molecule has 5 nitrogen and oxygen atoms in total. The second-order valence-electron chi connectivity index (χ2n) is 5.45. The highest BCUT2D eigenvalue weighted by Crippen LogP contribution is 2.23. The minimum atomic E-state index is 0.104. The smallest absolute Gasteiger partial charge is 0.223 e. The Morgan fingerprint density at radius 2 is 1.91 bits per heavy atom. The van der Waals surface area contributed by atoms with Crippen LogP contribution in [0.2, 0.25) is 0 Å². The van der Waals surface area contributed by atoms with Crippen molar-refractivity contribution in [2.24, 2.45) is 16.8 Å². The molecule has 2 rings (SSSR count). The van der Waals surface area contributed by atoms with Crippen LogP contribution in [0.3, 0.4) is 0 Å². The molecule has 22 heavy (non-hydrogen) atoms. The predicted octanol–water partition coefficient (Wildman–Crippen LogP) is 1.92. The zero-order valence-electron chi connectivity index (χ0n) is 12.5. The van der Waals surface area contributed by atoms with Crippen LogP contribution in [0.4, 0.5) is 0 Å². The van der Waals surface area contributed by atoms with Crippen LogP contribution in [-0.4, -0.2) is 23.3 Å². The monoisotopic (exact) mass is 318 g/mol. The Labute approximate surface area is 136 Å². The van der Waals surface area contributed by atoms with E-state index in [9.17, 15) is 4.79 Å². The average Bonchev–Trinajstić information content (AvgIpc) is 2.56. The number of thiocarbonyl (C=S) groups is 1. The topological polar surface area (TPSA) is 79.5 Å². The van der Waals surface area contributed by atoms with Crippen LogP contribution in [-0.2, 0) is 4.79 Å². The maximum absolute atomic E-state index is 12.2. The number of amides is 1. The first-order valence-electron chi connectivity index (χ1n) is 7.62. The van der Waals surface area contributed by atoms with Gasteiger partial charge in [-0.05, 0) is 30.6 Å². The van der Waals surface area contributed by atoms with Gasteiger partial charge in [0.1, 0.15) is 0 Å². The quantitative estimate of drug-likeness (QED) is 0.440. The number of nitrogens with two attached hydrogens (primary N) is 1. The summed E-state index contributed by atoms with van der Waals surface area (Å²) in [6, 6.07) is 9.66. The van der Waals surface area contributed by atoms with E-state index in [-0.39, 0.29) is 16.9 Å². The van der Waals surface area contributed by atoms with Crippen LogP contribution in [0, 0.1) is 5.92 Å². The zero-order chi connectivity index (χ0) is 15.8. The lowest BCUT2D eigenvalue weighted by Crippen LogP contribution is -2.37. The largest absolute Gasteiger partial charge is 0.375 e. The van der Waals surface area contributed by atoms with Crippen LogP contribution < -0.4 is 16.5 Å². The summed E-state index contributed by atoms with van der Waals surface area (Å²) in [7, 11) is 0. The molecule has 1 fully saturated rings. The predicted molar refractivity (Wildman–Crippen MR) is 92.5 cm³/mol. The molecule has 0 saturated heterocycles. The van der Waals surface area contributed by atoms with Gasteiger partial charge in [-0.1, -0.05) is 49.6 Å². The highest BCUT2D eigenvalue weighted by atomic mass is 32.1. The number of hydrogen-bond donors (Lipinski definition) is 3. The number of hydrazone groups is 1. The third-order valence-electron chi connectivity index (χ3n) is 3.81. The van der Waals surface area contributed by atoms with Crippen molar-refractivity contribution in [3.63, 3.8) is 0 Å². The zero-order valence-corrected chi connectivity index (χ0v) is 13.4. The van der Waals surface area contributed by atoms with Gasteiger partial charge in [0.25, 0.3) is 0 Å². The summed E-state index contributed by atoms with van der Waals surface area (Å²) in [5.74, 6) is 0.243. The molecule has 1 aliphatic rings. The van der Waals surface area contributed by atoms with E-state index >= 15 is 0 Å². The van der Waals surface area contributed by atoms with Crippen LogP contribution in [0.25, 0.3) is 0 Å². The first-order chi connectivity index (χ1) is 10.7. The molecule has 118 valence electrons. The fourth-order valence-electron chi connectivity index (χ4n) is 2.64. The van der Waals surface area contributed by atoms with Gasteiger partial charge in [-0.25, -0.2) is 0 Å². The van der Waals surface area contributed by atoms with Crippen LogP contribution >= 0.6 is 12.2 Å². The Hall–Kier alpha value is -1.95. The number of nitrogens with one attached hydrogen (secondary N) is 2. The second-order valence-corrected chi connectivity index (χ2v) is 5.89. The third-order valence-corrected chi connectivity index (χ3v) is 3.91. The second kappa shape index (κ2) is 8.48. The Kier molecular flexibility index (Phi) is 6.33. The molecule has 0 unspecified atom stereocenters. The third kappa shape index (κ3) is 5.11. The van der Waals surface area contributed by atoms with Crippen LogP contribution in [0.15, 0.2) is 35.4 Å². The fraction of sp³-hybridized carbons (Fsp3) is 0.438. The van der Waals surface area contributed by atoms with Crippen molar-refractivity contribution in [1.82, 2.24) is 10.7 Å². The molecule has 0 heterocycles. The van der Waals surface area contributed by atoms with Gasteiger partial charge in [0.05, 0.1) is 12.3 Å². The first-order valence-corrected chi connectivity index (χ1v) is 8.03. The van der Waals surface area contributed by atoms with Gasteiger partial charge in [0, 0.05) is 5.92 Å². The molecule has 1 aromatic rings. The van der Waals surface area contributed by atoms with Crippen LogP contribution in [0.5, 0.6) is 0 Å². The van der Waals surface area contributed by atoms with E-state index < -0.39 is 0 Å². The molecule has 0 spiro atoms. The Bertz CT molecular complexity index is 538. The SMILES string of the molecule is NC(=S)N/N=C(\CNC(=O)C1CCCCC1)c1ccccc1. The van der Waals surface area contributed by atoms with Gasteiger partial charge in [-0.2, -0.15) is 5.10 Å². The molecular formula is C16H22N4OS. The van der Waals surface area contributed by atoms with Gasteiger partial charge in [-0.3, -0.25) is 10.2 Å². The van der Waals surface area contributed by atoms with Crippen molar-refractivity contribution in [2.45, 2.75) is 32.1 Å².